The number of hydrogen-bond donors (Lipinski definition) is 0. The van der Waals surface area contributed by atoms with Gasteiger partial charge in [0.15, 0.2) is 5.82 Å². The Kier molecular flexibility index (Phi) is 6.64. The Hall–Kier alpha value is -3.73. The van der Waals surface area contributed by atoms with Gasteiger partial charge in [-0.15, -0.1) is 0 Å². The van der Waals surface area contributed by atoms with Gasteiger partial charge in [-0.25, -0.2) is 4.98 Å². The molecule has 174 valence electrons. The average Bonchev–Trinajstić information content (AvgIpc) is 2.83. The van der Waals surface area contributed by atoms with E-state index in [9.17, 15) is 4.79 Å². The zero-order chi connectivity index (χ0) is 24.4. The summed E-state index contributed by atoms with van der Waals surface area (Å²) in [6, 6.07) is 19.7. The Morgan fingerprint density at radius 2 is 1.68 bits per heavy atom. The van der Waals surface area contributed by atoms with Gasteiger partial charge >= 0.3 is 0 Å². The minimum atomic E-state index is -0.197. The molecular formula is C29H31N3O2. The van der Waals surface area contributed by atoms with Gasteiger partial charge in [0.05, 0.1) is 24.2 Å². The highest BCUT2D eigenvalue weighted by Crippen LogP contribution is 2.34. The van der Waals surface area contributed by atoms with Crippen molar-refractivity contribution in [3.63, 3.8) is 0 Å². The summed E-state index contributed by atoms with van der Waals surface area (Å²) < 4.78 is 7.03. The summed E-state index contributed by atoms with van der Waals surface area (Å²) in [5.74, 6) is 2.05. The zero-order valence-corrected chi connectivity index (χ0v) is 20.7. The van der Waals surface area contributed by atoms with E-state index in [-0.39, 0.29) is 11.5 Å². The molecule has 0 aliphatic heterocycles. The summed E-state index contributed by atoms with van der Waals surface area (Å²) in [5, 5.41) is 5.16. The molecule has 1 heterocycles. The highest BCUT2D eigenvalue weighted by Gasteiger charge is 2.18. The van der Waals surface area contributed by atoms with Crippen molar-refractivity contribution in [2.45, 2.75) is 46.5 Å². The number of hydrogen-bond acceptors (Lipinski definition) is 4. The maximum Gasteiger partial charge on any atom is 0.282 e. The lowest BCUT2D eigenvalue weighted by molar-refractivity contribution is 0.407. The van der Waals surface area contributed by atoms with Crippen molar-refractivity contribution in [2.24, 2.45) is 5.10 Å². The van der Waals surface area contributed by atoms with Crippen molar-refractivity contribution in [2.75, 3.05) is 7.11 Å². The topological polar surface area (TPSA) is 56.5 Å². The Bertz CT molecular complexity index is 1410. The molecule has 0 radical (unpaired) electrons. The van der Waals surface area contributed by atoms with E-state index in [0.29, 0.717) is 22.6 Å². The number of aromatic nitrogens is 2. The molecular weight excluding hydrogens is 422 g/mol. The fourth-order valence-corrected chi connectivity index (χ4v) is 4.06. The Morgan fingerprint density at radius 3 is 2.32 bits per heavy atom. The number of nitrogens with zero attached hydrogens (tertiary/aromatic N) is 3. The fraction of sp³-hybridized carbons (Fsp3) is 0.276. The molecule has 34 heavy (non-hydrogen) atoms. The summed E-state index contributed by atoms with van der Waals surface area (Å²) in [6.45, 7) is 10.6. The van der Waals surface area contributed by atoms with Gasteiger partial charge in [0.2, 0.25) is 0 Å². The number of benzene rings is 3. The van der Waals surface area contributed by atoms with Gasteiger partial charge in [-0.05, 0) is 65.3 Å². The molecule has 5 nitrogen and oxygen atoms in total. The maximum absolute atomic E-state index is 13.5. The van der Waals surface area contributed by atoms with E-state index < -0.39 is 0 Å². The van der Waals surface area contributed by atoms with Gasteiger partial charge in [-0.2, -0.15) is 9.78 Å². The molecule has 5 heteroatoms. The van der Waals surface area contributed by atoms with Crippen LogP contribution >= 0.6 is 0 Å². The van der Waals surface area contributed by atoms with Gasteiger partial charge in [0, 0.05) is 5.56 Å². The molecule has 0 bridgehead atoms. The summed E-state index contributed by atoms with van der Waals surface area (Å²) in [6.07, 6.45) is 1.72. The van der Waals surface area contributed by atoms with Crippen molar-refractivity contribution in [3.05, 3.63) is 93.3 Å². The molecule has 0 N–H and O–H groups in total. The third kappa shape index (κ3) is 4.51. The molecule has 0 saturated heterocycles. The monoisotopic (exact) mass is 453 g/mol. The van der Waals surface area contributed by atoms with Crippen LogP contribution in [0.15, 0.2) is 70.6 Å². The molecule has 1 aromatic heterocycles. The van der Waals surface area contributed by atoms with Crippen molar-refractivity contribution in [3.8, 4) is 17.1 Å². The lowest BCUT2D eigenvalue weighted by Crippen LogP contribution is -2.20. The number of methoxy groups -OCH3 is 1. The van der Waals surface area contributed by atoms with Crippen LogP contribution in [0.25, 0.3) is 22.3 Å². The van der Waals surface area contributed by atoms with Crippen LogP contribution < -0.4 is 10.3 Å². The number of aryl methyl sites for hydroxylation is 1. The second-order valence-corrected chi connectivity index (χ2v) is 9.20. The standard InChI is InChI=1S/C29H31N3O2/c1-18(2)22-13-11-21(12-14-22)17-30-32-28(31-26-10-8-7-9-23(26)29(32)33)25-16-24(19(3)4)27(34-6)15-20(25)5/h7-19H,1-6H3. The first-order valence-electron chi connectivity index (χ1n) is 11.6. The lowest BCUT2D eigenvalue weighted by Gasteiger charge is -2.17. The van der Waals surface area contributed by atoms with Crippen LogP contribution in [0.5, 0.6) is 5.75 Å². The number of ether oxygens (including phenoxy) is 1. The molecule has 0 spiro atoms. The Balaban J connectivity index is 1.93. The van der Waals surface area contributed by atoms with Crippen LogP contribution in [0, 0.1) is 6.92 Å². The smallest absolute Gasteiger partial charge is 0.282 e. The van der Waals surface area contributed by atoms with Gasteiger partial charge in [0.1, 0.15) is 5.75 Å². The maximum atomic E-state index is 13.5. The van der Waals surface area contributed by atoms with Gasteiger partial charge in [-0.3, -0.25) is 4.79 Å². The third-order valence-corrected chi connectivity index (χ3v) is 6.12. The van der Waals surface area contributed by atoms with Gasteiger partial charge < -0.3 is 4.74 Å². The first-order chi connectivity index (χ1) is 16.3. The molecule has 0 saturated carbocycles. The molecule has 0 aliphatic carbocycles. The summed E-state index contributed by atoms with van der Waals surface area (Å²) in [4.78, 5) is 18.4. The molecule has 4 aromatic rings. The van der Waals surface area contributed by atoms with E-state index in [0.717, 1.165) is 28.0 Å². The second-order valence-electron chi connectivity index (χ2n) is 9.20. The lowest BCUT2D eigenvalue weighted by atomic mass is 9.96. The van der Waals surface area contributed by atoms with E-state index in [2.05, 4.69) is 51.0 Å². The average molecular weight is 454 g/mol. The van der Waals surface area contributed by atoms with Gasteiger partial charge in [-0.1, -0.05) is 64.1 Å². The quantitative estimate of drug-likeness (QED) is 0.313. The van der Waals surface area contributed by atoms with Crippen LogP contribution in [-0.2, 0) is 0 Å². The highest BCUT2D eigenvalue weighted by atomic mass is 16.5. The number of rotatable bonds is 6. The van der Waals surface area contributed by atoms with Crippen molar-refractivity contribution in [1.82, 2.24) is 9.66 Å². The van der Waals surface area contributed by atoms with Crippen LogP contribution in [0.2, 0.25) is 0 Å². The Labute approximate surface area is 200 Å². The summed E-state index contributed by atoms with van der Waals surface area (Å²) in [7, 11) is 1.68. The Morgan fingerprint density at radius 1 is 0.971 bits per heavy atom. The predicted octanol–water partition coefficient (Wildman–Crippen LogP) is 6.51. The van der Waals surface area contributed by atoms with Crippen LogP contribution in [0.4, 0.5) is 0 Å². The van der Waals surface area contributed by atoms with Crippen LogP contribution in [-0.4, -0.2) is 23.0 Å². The normalized spacial score (nSPS) is 11.8. The van der Waals surface area contributed by atoms with Crippen molar-refractivity contribution >= 4 is 17.1 Å². The SMILES string of the molecule is COc1cc(C)c(-c2nc3ccccc3c(=O)n2N=Cc2ccc(C(C)C)cc2)cc1C(C)C. The number of fused-ring (bicyclic) bond motifs is 1. The third-order valence-electron chi connectivity index (χ3n) is 6.12. The molecule has 0 aliphatic rings. The summed E-state index contributed by atoms with van der Waals surface area (Å²) in [5.41, 5.74) is 5.52. The zero-order valence-electron chi connectivity index (χ0n) is 20.7. The largest absolute Gasteiger partial charge is 0.496 e. The molecule has 0 fully saturated rings. The highest BCUT2D eigenvalue weighted by molar-refractivity contribution is 5.82. The van der Waals surface area contributed by atoms with E-state index in [1.165, 1.54) is 10.2 Å². The first kappa shape index (κ1) is 23.4. The molecule has 3 aromatic carbocycles. The second kappa shape index (κ2) is 9.64. The molecule has 0 unspecified atom stereocenters. The minimum Gasteiger partial charge on any atom is -0.496 e. The molecule has 4 rings (SSSR count). The molecule has 0 atom stereocenters. The summed E-state index contributed by atoms with van der Waals surface area (Å²) >= 11 is 0. The van der Waals surface area contributed by atoms with E-state index >= 15 is 0 Å². The first-order valence-corrected chi connectivity index (χ1v) is 11.6. The molecule has 0 amide bonds. The van der Waals surface area contributed by atoms with Crippen molar-refractivity contribution < 1.29 is 4.74 Å². The fourth-order valence-electron chi connectivity index (χ4n) is 4.06. The minimum absolute atomic E-state index is 0.197. The van der Waals surface area contributed by atoms with Gasteiger partial charge in [0.25, 0.3) is 5.56 Å². The van der Waals surface area contributed by atoms with Crippen LogP contribution in [0.1, 0.15) is 61.8 Å². The number of para-hydroxylation sites is 1. The van der Waals surface area contributed by atoms with E-state index in [1.54, 1.807) is 19.4 Å². The van der Waals surface area contributed by atoms with Crippen molar-refractivity contribution in [1.29, 1.82) is 0 Å². The predicted molar refractivity (Wildman–Crippen MR) is 140 cm³/mol. The van der Waals surface area contributed by atoms with E-state index in [1.807, 2.05) is 43.3 Å². The van der Waals surface area contributed by atoms with Crippen LogP contribution in [0.3, 0.4) is 0 Å². The van der Waals surface area contributed by atoms with E-state index in [4.69, 9.17) is 9.72 Å².